The molecule has 1 saturated heterocycles. The van der Waals surface area contributed by atoms with Gasteiger partial charge in [0.25, 0.3) is 0 Å². The van der Waals surface area contributed by atoms with Crippen molar-refractivity contribution in [3.8, 4) is 5.75 Å². The van der Waals surface area contributed by atoms with Gasteiger partial charge in [0.2, 0.25) is 0 Å². The molecule has 0 saturated carbocycles. The summed E-state index contributed by atoms with van der Waals surface area (Å²) in [5, 5.41) is 2.48. The minimum Gasteiger partial charge on any atom is -0.493 e. The molecule has 0 radical (unpaired) electrons. The molecular weight excluding hydrogens is 294 g/mol. The summed E-state index contributed by atoms with van der Waals surface area (Å²) in [4.78, 5) is 2.67. The molecular formula is C22H31NO. The maximum absolute atomic E-state index is 6.02. The molecule has 2 nitrogen and oxygen atoms in total. The Morgan fingerprint density at radius 3 is 2.38 bits per heavy atom. The van der Waals surface area contributed by atoms with Crippen LogP contribution in [0.1, 0.15) is 51.4 Å². The van der Waals surface area contributed by atoms with Crippen LogP contribution in [-0.4, -0.2) is 31.1 Å². The van der Waals surface area contributed by atoms with Gasteiger partial charge in [-0.25, -0.2) is 0 Å². The number of nitrogens with zero attached hydrogens (tertiary/aromatic N) is 1. The van der Waals surface area contributed by atoms with Crippen LogP contribution in [0.3, 0.4) is 0 Å². The lowest BCUT2D eigenvalue weighted by Crippen LogP contribution is -2.25. The topological polar surface area (TPSA) is 12.5 Å². The Bertz CT molecular complexity index is 596. The van der Waals surface area contributed by atoms with Crippen molar-refractivity contribution in [2.75, 3.05) is 26.2 Å². The molecule has 1 aliphatic rings. The molecule has 2 aromatic carbocycles. The quantitative estimate of drug-likeness (QED) is 0.581. The van der Waals surface area contributed by atoms with Crippen LogP contribution in [0.2, 0.25) is 0 Å². The molecule has 0 amide bonds. The minimum atomic E-state index is 0.831. The number of rotatable bonds is 8. The van der Waals surface area contributed by atoms with Gasteiger partial charge in [-0.2, -0.15) is 0 Å². The lowest BCUT2D eigenvalue weighted by Gasteiger charge is -2.19. The van der Waals surface area contributed by atoms with Gasteiger partial charge in [-0.1, -0.05) is 62.1 Å². The van der Waals surface area contributed by atoms with Crippen molar-refractivity contribution in [1.82, 2.24) is 4.90 Å². The van der Waals surface area contributed by atoms with E-state index in [9.17, 15) is 0 Å². The SMILES string of the molecule is c1ccc2c(OCCCCCCN3CCCCCC3)cccc2c1. The van der Waals surface area contributed by atoms with Gasteiger partial charge in [0.1, 0.15) is 5.75 Å². The highest BCUT2D eigenvalue weighted by Gasteiger charge is 2.07. The first-order valence-electron chi connectivity index (χ1n) is 9.76. The van der Waals surface area contributed by atoms with E-state index in [-0.39, 0.29) is 0 Å². The monoisotopic (exact) mass is 325 g/mol. The van der Waals surface area contributed by atoms with Crippen LogP contribution in [-0.2, 0) is 0 Å². The Hall–Kier alpha value is -1.54. The van der Waals surface area contributed by atoms with Crippen molar-refractivity contribution in [3.63, 3.8) is 0 Å². The van der Waals surface area contributed by atoms with Crippen LogP contribution in [0.4, 0.5) is 0 Å². The highest BCUT2D eigenvalue weighted by Crippen LogP contribution is 2.25. The maximum Gasteiger partial charge on any atom is 0.127 e. The Balaban J connectivity index is 1.31. The zero-order chi connectivity index (χ0) is 16.5. The third-order valence-corrected chi connectivity index (χ3v) is 5.07. The molecule has 0 aliphatic carbocycles. The summed E-state index contributed by atoms with van der Waals surface area (Å²) in [5.41, 5.74) is 0. The van der Waals surface area contributed by atoms with Gasteiger partial charge in [0, 0.05) is 5.39 Å². The molecule has 1 fully saturated rings. The van der Waals surface area contributed by atoms with Crippen LogP contribution < -0.4 is 4.74 Å². The van der Waals surface area contributed by atoms with E-state index in [1.165, 1.54) is 75.4 Å². The van der Waals surface area contributed by atoms with Crippen molar-refractivity contribution in [1.29, 1.82) is 0 Å². The molecule has 0 unspecified atom stereocenters. The molecule has 0 N–H and O–H groups in total. The van der Waals surface area contributed by atoms with Crippen LogP contribution in [0.25, 0.3) is 10.8 Å². The fraction of sp³-hybridized carbons (Fsp3) is 0.545. The molecule has 0 bridgehead atoms. The van der Waals surface area contributed by atoms with Crippen LogP contribution >= 0.6 is 0 Å². The Morgan fingerprint density at radius 1 is 0.750 bits per heavy atom. The second-order valence-electron chi connectivity index (χ2n) is 7.00. The Kier molecular flexibility index (Phi) is 6.97. The third kappa shape index (κ3) is 5.24. The largest absolute Gasteiger partial charge is 0.493 e. The van der Waals surface area contributed by atoms with Gasteiger partial charge in [-0.05, 0) is 56.8 Å². The third-order valence-electron chi connectivity index (χ3n) is 5.07. The lowest BCUT2D eigenvalue weighted by atomic mass is 10.1. The standard InChI is InChI=1S/C22H31NO/c1-2-8-17-23(16-7-1)18-9-3-4-10-19-24-22-15-11-13-20-12-5-6-14-21(20)22/h5-6,11-15H,1-4,7-10,16-19H2. The molecule has 2 heteroatoms. The van der Waals surface area contributed by atoms with Crippen LogP contribution in [0.5, 0.6) is 5.75 Å². The van der Waals surface area contributed by atoms with E-state index in [0.29, 0.717) is 0 Å². The molecule has 1 aliphatic heterocycles. The molecule has 3 rings (SSSR count). The normalized spacial score (nSPS) is 16.2. The summed E-state index contributed by atoms with van der Waals surface area (Å²) in [7, 11) is 0. The smallest absolute Gasteiger partial charge is 0.127 e. The Labute approximate surface area is 146 Å². The number of hydrogen-bond acceptors (Lipinski definition) is 2. The summed E-state index contributed by atoms with van der Waals surface area (Å²) < 4.78 is 6.02. The van der Waals surface area contributed by atoms with E-state index < -0.39 is 0 Å². The number of hydrogen-bond donors (Lipinski definition) is 0. The van der Waals surface area contributed by atoms with E-state index in [4.69, 9.17) is 4.74 Å². The van der Waals surface area contributed by atoms with Gasteiger partial charge in [0.15, 0.2) is 0 Å². The molecule has 0 aromatic heterocycles. The summed E-state index contributed by atoms with van der Waals surface area (Å²) in [6, 6.07) is 14.8. The fourth-order valence-electron chi connectivity index (χ4n) is 3.65. The van der Waals surface area contributed by atoms with Crippen molar-refractivity contribution >= 4 is 10.8 Å². The molecule has 130 valence electrons. The number of ether oxygens (including phenoxy) is 1. The number of likely N-dealkylation sites (tertiary alicyclic amines) is 1. The first-order valence-corrected chi connectivity index (χ1v) is 9.76. The van der Waals surface area contributed by atoms with Crippen molar-refractivity contribution in [2.45, 2.75) is 51.4 Å². The zero-order valence-corrected chi connectivity index (χ0v) is 14.9. The number of benzene rings is 2. The van der Waals surface area contributed by atoms with Crippen molar-refractivity contribution < 1.29 is 4.74 Å². The van der Waals surface area contributed by atoms with Gasteiger partial charge < -0.3 is 9.64 Å². The maximum atomic E-state index is 6.02. The molecule has 0 atom stereocenters. The van der Waals surface area contributed by atoms with Crippen molar-refractivity contribution in [2.24, 2.45) is 0 Å². The zero-order valence-electron chi connectivity index (χ0n) is 14.9. The second-order valence-corrected chi connectivity index (χ2v) is 7.00. The van der Waals surface area contributed by atoms with Crippen molar-refractivity contribution in [3.05, 3.63) is 42.5 Å². The number of unbranched alkanes of at least 4 members (excludes halogenated alkanes) is 3. The fourth-order valence-corrected chi connectivity index (χ4v) is 3.65. The number of fused-ring (bicyclic) bond motifs is 1. The first-order chi connectivity index (χ1) is 11.9. The minimum absolute atomic E-state index is 0.831. The second kappa shape index (κ2) is 9.68. The molecule has 1 heterocycles. The summed E-state index contributed by atoms with van der Waals surface area (Å²) >= 11 is 0. The summed E-state index contributed by atoms with van der Waals surface area (Å²) in [6.45, 7) is 4.77. The highest BCUT2D eigenvalue weighted by atomic mass is 16.5. The van der Waals surface area contributed by atoms with E-state index >= 15 is 0 Å². The molecule has 0 spiro atoms. The molecule has 2 aromatic rings. The molecule has 24 heavy (non-hydrogen) atoms. The average molecular weight is 325 g/mol. The average Bonchev–Trinajstić information content (AvgIpc) is 2.90. The van der Waals surface area contributed by atoms with Gasteiger partial charge >= 0.3 is 0 Å². The van der Waals surface area contributed by atoms with Gasteiger partial charge in [-0.3, -0.25) is 0 Å². The van der Waals surface area contributed by atoms with E-state index in [0.717, 1.165) is 18.8 Å². The predicted octanol–water partition coefficient (Wildman–Crippen LogP) is 5.66. The van der Waals surface area contributed by atoms with E-state index in [1.807, 2.05) is 0 Å². The highest BCUT2D eigenvalue weighted by molar-refractivity contribution is 5.88. The summed E-state index contributed by atoms with van der Waals surface area (Å²) in [6.07, 6.45) is 10.8. The lowest BCUT2D eigenvalue weighted by molar-refractivity contribution is 0.272. The van der Waals surface area contributed by atoms with Crippen LogP contribution in [0, 0.1) is 0 Å². The predicted molar refractivity (Wildman–Crippen MR) is 103 cm³/mol. The van der Waals surface area contributed by atoms with Crippen LogP contribution in [0.15, 0.2) is 42.5 Å². The van der Waals surface area contributed by atoms with E-state index in [2.05, 4.69) is 47.4 Å². The summed E-state index contributed by atoms with van der Waals surface area (Å²) in [5.74, 6) is 1.03. The Morgan fingerprint density at radius 2 is 1.50 bits per heavy atom. The first kappa shape index (κ1) is 17.3. The van der Waals surface area contributed by atoms with Gasteiger partial charge in [0.05, 0.1) is 6.61 Å². The van der Waals surface area contributed by atoms with Gasteiger partial charge in [-0.15, -0.1) is 0 Å². The van der Waals surface area contributed by atoms with E-state index in [1.54, 1.807) is 0 Å².